The zero-order valence-corrected chi connectivity index (χ0v) is 22.0. The van der Waals surface area contributed by atoms with Crippen molar-refractivity contribution in [2.24, 2.45) is 45.8 Å². The molecular formula is C28H41FN2O5. The molecule has 3 aliphatic carbocycles. The molecule has 7 nitrogen and oxygen atoms in total. The third-order valence-corrected chi connectivity index (χ3v) is 11.4. The molecule has 2 heterocycles. The molecular weight excluding hydrogens is 463 g/mol. The van der Waals surface area contributed by atoms with Crippen LogP contribution < -0.4 is 5.32 Å². The molecule has 2 amide bonds. The predicted molar refractivity (Wildman–Crippen MR) is 131 cm³/mol. The Morgan fingerprint density at radius 3 is 2.58 bits per heavy atom. The van der Waals surface area contributed by atoms with Crippen molar-refractivity contribution >= 4 is 17.8 Å². The minimum Gasteiger partial charge on any atom is -0.445 e. The Labute approximate surface area is 213 Å². The third kappa shape index (κ3) is 3.69. The summed E-state index contributed by atoms with van der Waals surface area (Å²) in [6.07, 6.45) is 3.26. The number of alkyl carbamates (subject to hydrolysis) is 1. The highest BCUT2D eigenvalue weighted by atomic mass is 19.1. The third-order valence-electron chi connectivity index (χ3n) is 11.4. The molecule has 0 aromatic heterocycles. The summed E-state index contributed by atoms with van der Waals surface area (Å²) in [6.45, 7) is 10.5. The molecule has 4 bridgehead atoms. The summed E-state index contributed by atoms with van der Waals surface area (Å²) in [4.78, 5) is 41.8. The van der Waals surface area contributed by atoms with Crippen LogP contribution in [0.1, 0.15) is 66.2 Å². The van der Waals surface area contributed by atoms with Gasteiger partial charge in [0.1, 0.15) is 11.9 Å². The number of ketones is 1. The summed E-state index contributed by atoms with van der Waals surface area (Å²) in [5.41, 5.74) is -2.11. The normalized spacial score (nSPS) is 50.0. The van der Waals surface area contributed by atoms with E-state index in [2.05, 4.69) is 17.1 Å². The molecule has 5 rings (SSSR count). The first-order valence-corrected chi connectivity index (χ1v) is 13.7. The number of Topliss-reactive ketones (excluding diaryl/α,β-unsaturated/α-hetero) is 1. The van der Waals surface area contributed by atoms with Gasteiger partial charge in [0.25, 0.3) is 0 Å². The standard InChI is InChI=1S/C28H41FN2O5/c1-16-5-8-28-9-6-20(32)22(28)27(16,4)21(13-26(3,10-11-29)23(33)17(28)2)36-25(35)30-24(34)19-15-31-12-7-18(19)14-31/h10-11,16-19,21-23,33H,5-9,12-15H2,1-4H3,(H,30,34,35)/b11-10+/t16-,17+,18-,19+,21-,22?,23+,26-,27+,28?/m1/s1. The molecule has 8 heteroatoms. The van der Waals surface area contributed by atoms with Gasteiger partial charge in [-0.2, -0.15) is 0 Å². The van der Waals surface area contributed by atoms with E-state index >= 15 is 0 Å². The topological polar surface area (TPSA) is 95.9 Å². The molecule has 2 aliphatic heterocycles. The number of piperidine rings is 1. The number of rotatable bonds is 3. The maximum Gasteiger partial charge on any atom is 0.414 e. The second-order valence-electron chi connectivity index (χ2n) is 13.0. The van der Waals surface area contributed by atoms with E-state index in [9.17, 15) is 23.9 Å². The van der Waals surface area contributed by atoms with Gasteiger partial charge in [-0.25, -0.2) is 9.18 Å². The number of carbonyl (C=O) groups is 3. The van der Waals surface area contributed by atoms with Gasteiger partial charge in [-0.05, 0) is 67.9 Å². The van der Waals surface area contributed by atoms with Gasteiger partial charge in [0.05, 0.1) is 18.4 Å². The van der Waals surface area contributed by atoms with Crippen molar-refractivity contribution < 1.29 is 28.6 Å². The van der Waals surface area contributed by atoms with Crippen molar-refractivity contribution in [2.45, 2.75) is 78.4 Å². The minimum atomic E-state index is -0.997. The molecule has 2 saturated heterocycles. The van der Waals surface area contributed by atoms with Crippen LogP contribution in [0.5, 0.6) is 0 Å². The largest absolute Gasteiger partial charge is 0.445 e. The molecule has 5 fully saturated rings. The van der Waals surface area contributed by atoms with E-state index in [1.54, 1.807) is 6.92 Å². The van der Waals surface area contributed by atoms with Crippen LogP contribution in [0.15, 0.2) is 12.4 Å². The lowest BCUT2D eigenvalue weighted by Gasteiger charge is -2.61. The molecule has 0 radical (unpaired) electrons. The Morgan fingerprint density at radius 1 is 1.19 bits per heavy atom. The quantitative estimate of drug-likeness (QED) is 0.606. The number of fused-ring (bicyclic) bond motifs is 2. The van der Waals surface area contributed by atoms with Crippen LogP contribution in [0.25, 0.3) is 0 Å². The summed E-state index contributed by atoms with van der Waals surface area (Å²) >= 11 is 0. The van der Waals surface area contributed by atoms with Crippen molar-refractivity contribution in [1.29, 1.82) is 0 Å². The van der Waals surface area contributed by atoms with E-state index in [1.807, 2.05) is 13.8 Å². The number of carbonyl (C=O) groups excluding carboxylic acids is 3. The van der Waals surface area contributed by atoms with Crippen LogP contribution in [-0.4, -0.2) is 59.6 Å². The number of aliphatic hydroxyl groups is 1. The molecule has 0 aromatic carbocycles. The van der Waals surface area contributed by atoms with E-state index in [-0.39, 0.29) is 47.7 Å². The fourth-order valence-electron chi connectivity index (χ4n) is 9.04. The van der Waals surface area contributed by atoms with E-state index in [4.69, 9.17) is 4.74 Å². The molecule has 11 atom stereocenters. The lowest BCUT2D eigenvalue weighted by Crippen LogP contribution is -2.63. The molecule has 0 spiro atoms. The molecule has 2 N–H and O–H groups in total. The fourth-order valence-corrected chi connectivity index (χ4v) is 9.04. The highest BCUT2D eigenvalue weighted by Gasteiger charge is 2.68. The highest BCUT2D eigenvalue weighted by Crippen LogP contribution is 2.68. The van der Waals surface area contributed by atoms with Gasteiger partial charge in [0.2, 0.25) is 5.91 Å². The SMILES string of the molecule is C[C@@H]1CCC23CCC(=O)C2[C@]1(C)[C@H](OC(=O)NC(=O)[C@H]1CN2CC[C@@H]1C2)C[C@@](C)(/C=C/F)[C@@H](O)[C@@H]3C. The number of halogens is 1. The summed E-state index contributed by atoms with van der Waals surface area (Å²) < 4.78 is 19.7. The Balaban J connectivity index is 1.47. The number of nitrogens with zero attached hydrogens (tertiary/aromatic N) is 1. The van der Waals surface area contributed by atoms with Crippen LogP contribution in [0, 0.1) is 45.8 Å². The van der Waals surface area contributed by atoms with Gasteiger partial charge in [0, 0.05) is 36.3 Å². The van der Waals surface area contributed by atoms with Crippen molar-refractivity contribution in [3.05, 3.63) is 12.4 Å². The van der Waals surface area contributed by atoms with Crippen molar-refractivity contribution in [3.63, 3.8) is 0 Å². The van der Waals surface area contributed by atoms with Crippen LogP contribution in [0.2, 0.25) is 0 Å². The van der Waals surface area contributed by atoms with Crippen LogP contribution in [0.4, 0.5) is 9.18 Å². The smallest absolute Gasteiger partial charge is 0.414 e. The number of nitrogens with one attached hydrogen (secondary N) is 1. The van der Waals surface area contributed by atoms with Crippen molar-refractivity contribution in [3.8, 4) is 0 Å². The number of hydrogen-bond acceptors (Lipinski definition) is 6. The van der Waals surface area contributed by atoms with Gasteiger partial charge in [-0.3, -0.25) is 14.9 Å². The minimum absolute atomic E-state index is 0.0746. The predicted octanol–water partition coefficient (Wildman–Crippen LogP) is 3.85. The van der Waals surface area contributed by atoms with Gasteiger partial charge < -0.3 is 14.7 Å². The van der Waals surface area contributed by atoms with E-state index in [0.717, 1.165) is 32.4 Å². The number of hydrogen-bond donors (Lipinski definition) is 2. The first-order valence-electron chi connectivity index (χ1n) is 13.7. The van der Waals surface area contributed by atoms with E-state index in [0.29, 0.717) is 25.7 Å². The van der Waals surface area contributed by atoms with Crippen molar-refractivity contribution in [2.75, 3.05) is 19.6 Å². The number of ether oxygens (including phenoxy) is 1. The Kier molecular flexibility index (Phi) is 6.38. The Bertz CT molecular complexity index is 972. The summed E-state index contributed by atoms with van der Waals surface area (Å²) in [5.74, 6) is -0.610. The number of imide groups is 1. The lowest BCUT2D eigenvalue weighted by atomic mass is 9.44. The second kappa shape index (κ2) is 8.90. The number of aliphatic hydroxyl groups excluding tert-OH is 1. The number of amides is 2. The summed E-state index contributed by atoms with van der Waals surface area (Å²) in [7, 11) is 0. The summed E-state index contributed by atoms with van der Waals surface area (Å²) in [5, 5.41) is 14.1. The molecule has 0 aromatic rings. The van der Waals surface area contributed by atoms with Gasteiger partial charge >= 0.3 is 6.09 Å². The lowest BCUT2D eigenvalue weighted by molar-refractivity contribution is -0.191. The monoisotopic (exact) mass is 504 g/mol. The fraction of sp³-hybridized carbons (Fsp3) is 0.821. The first kappa shape index (κ1) is 25.8. The molecule has 200 valence electrons. The average Bonchev–Trinajstić information content (AvgIpc) is 3.55. The molecule has 5 aliphatic rings. The molecule has 3 unspecified atom stereocenters. The molecule has 3 saturated carbocycles. The van der Waals surface area contributed by atoms with E-state index in [1.165, 1.54) is 6.08 Å². The van der Waals surface area contributed by atoms with Crippen LogP contribution in [0.3, 0.4) is 0 Å². The Hall–Kier alpha value is -1.80. The van der Waals surface area contributed by atoms with Gasteiger partial charge in [-0.15, -0.1) is 0 Å². The zero-order chi connectivity index (χ0) is 26.0. The van der Waals surface area contributed by atoms with E-state index < -0.39 is 34.5 Å². The van der Waals surface area contributed by atoms with Crippen molar-refractivity contribution in [1.82, 2.24) is 10.2 Å². The zero-order valence-electron chi connectivity index (χ0n) is 22.0. The highest BCUT2D eigenvalue weighted by molar-refractivity contribution is 5.93. The van der Waals surface area contributed by atoms with Gasteiger partial charge in [0.15, 0.2) is 0 Å². The van der Waals surface area contributed by atoms with Crippen LogP contribution >= 0.6 is 0 Å². The maximum absolute atomic E-state index is 13.6. The summed E-state index contributed by atoms with van der Waals surface area (Å²) in [6, 6.07) is 0. The first-order chi connectivity index (χ1) is 17.0. The average molecular weight is 505 g/mol. The maximum atomic E-state index is 13.6. The van der Waals surface area contributed by atoms with Gasteiger partial charge in [-0.1, -0.05) is 27.7 Å². The Morgan fingerprint density at radius 2 is 1.94 bits per heavy atom. The molecule has 36 heavy (non-hydrogen) atoms. The van der Waals surface area contributed by atoms with Crippen LogP contribution in [-0.2, 0) is 14.3 Å². The second-order valence-corrected chi connectivity index (χ2v) is 13.0.